The van der Waals surface area contributed by atoms with Crippen LogP contribution in [-0.2, 0) is 42.0 Å². The largest absolute Gasteiger partial charge is 0.469 e. The number of imide groups is 1. The van der Waals surface area contributed by atoms with E-state index in [-0.39, 0.29) is 38.5 Å². The Morgan fingerprint density at radius 1 is 0.576 bits per heavy atom. The predicted octanol–water partition coefficient (Wildman–Crippen LogP) is 7.58. The molecule has 3 amide bonds. The van der Waals surface area contributed by atoms with E-state index in [2.05, 4.69) is 37.0 Å². The molecule has 0 spiro atoms. The number of nitrogens with one attached hydrogen (secondary N) is 2. The number of phosphoric ester groups is 2. The molecular weight excluding hydrogens is 810 g/mol. The zero-order valence-corrected chi connectivity index (χ0v) is 37.7. The van der Waals surface area contributed by atoms with Gasteiger partial charge in [0.2, 0.25) is 0 Å². The van der Waals surface area contributed by atoms with Gasteiger partial charge >= 0.3 is 33.8 Å². The van der Waals surface area contributed by atoms with Crippen LogP contribution in [0.5, 0.6) is 0 Å². The van der Waals surface area contributed by atoms with Gasteiger partial charge in [-0.1, -0.05) is 26.0 Å². The van der Waals surface area contributed by atoms with Crippen LogP contribution < -0.4 is 10.6 Å². The van der Waals surface area contributed by atoms with Gasteiger partial charge in [0.1, 0.15) is 6.61 Å². The van der Waals surface area contributed by atoms with Crippen LogP contribution in [-0.4, -0.2) is 83.2 Å². The standard InChI is InChI=1S/2C10H16.C9H15NO4.C7H11NO3.2C2H7O4P/c2*1-2-9-7-4-5-8(6-7)10(9)3-1;1-4-13-9(12)10-5-6-14-8(11)7(2)3;1-4-11-7(10)8-6(9)5(2)3;2*1-2-6-7(3,4)5/h2*7-10H,1-6H2;2,4-6H2,1,3H3,(H,10,12);2,4H2,1,3H3,(H,8,9,10);2*2H2,1H3,(H2,3,4,5). The van der Waals surface area contributed by atoms with E-state index in [9.17, 15) is 28.3 Å². The molecular formula is C40H72N2O15P2. The van der Waals surface area contributed by atoms with Crippen LogP contribution in [0.25, 0.3) is 0 Å². The van der Waals surface area contributed by atoms with E-state index in [1.807, 2.05) is 5.32 Å². The second-order valence-corrected chi connectivity index (χ2v) is 18.0. The molecule has 6 rings (SSSR count). The second kappa shape index (κ2) is 28.1. The lowest BCUT2D eigenvalue weighted by molar-refractivity contribution is -0.138. The number of hydrogen-bond acceptors (Lipinski definition) is 11. The van der Waals surface area contributed by atoms with Gasteiger partial charge in [-0.2, -0.15) is 0 Å². The maximum atomic E-state index is 10.8. The van der Waals surface area contributed by atoms with Crippen LogP contribution >= 0.6 is 15.6 Å². The molecule has 0 aromatic carbocycles. The number of rotatable bonds is 11. The minimum atomic E-state index is -4.17. The highest BCUT2D eigenvalue weighted by atomic mass is 31.2. The normalized spacial score (nSPS) is 26.1. The summed E-state index contributed by atoms with van der Waals surface area (Å²) in [7, 11) is -8.33. The van der Waals surface area contributed by atoms with Crippen molar-refractivity contribution in [2.45, 2.75) is 119 Å². The van der Waals surface area contributed by atoms with Gasteiger partial charge in [0.05, 0.1) is 33.0 Å². The number of carbonyl (C=O) groups excluding carboxylic acids is 4. The Kier molecular flexibility index (Phi) is 25.9. The van der Waals surface area contributed by atoms with Gasteiger partial charge < -0.3 is 39.1 Å². The molecule has 0 radical (unpaired) electrons. The predicted molar refractivity (Wildman–Crippen MR) is 221 cm³/mol. The van der Waals surface area contributed by atoms with Crippen molar-refractivity contribution in [2.75, 3.05) is 39.6 Å². The molecule has 0 aromatic heterocycles. The van der Waals surface area contributed by atoms with Crippen LogP contribution in [0.1, 0.15) is 119 Å². The highest BCUT2D eigenvalue weighted by Gasteiger charge is 2.49. The summed E-state index contributed by atoms with van der Waals surface area (Å²) in [6.45, 7) is 17.2. The van der Waals surface area contributed by atoms with E-state index in [0.717, 1.165) is 0 Å². The number of hydrogen-bond donors (Lipinski definition) is 6. The first-order valence-electron chi connectivity index (χ1n) is 20.9. The first-order chi connectivity index (χ1) is 27.7. The Morgan fingerprint density at radius 2 is 0.949 bits per heavy atom. The Labute approximate surface area is 350 Å². The molecule has 0 heterocycles. The summed E-state index contributed by atoms with van der Waals surface area (Å²) in [5.74, 6) is 8.62. The molecule has 6 aliphatic rings. The van der Waals surface area contributed by atoms with E-state index >= 15 is 0 Å². The molecule has 19 heteroatoms. The van der Waals surface area contributed by atoms with Gasteiger partial charge in [-0.3, -0.25) is 19.2 Å². The lowest BCUT2D eigenvalue weighted by Gasteiger charge is -2.23. The zero-order chi connectivity index (χ0) is 44.8. The van der Waals surface area contributed by atoms with Crippen molar-refractivity contribution in [3.63, 3.8) is 0 Å². The summed E-state index contributed by atoms with van der Waals surface area (Å²) in [5.41, 5.74) is 0.610. The summed E-state index contributed by atoms with van der Waals surface area (Å²) in [6.07, 6.45) is 17.8. The smallest absolute Gasteiger partial charge is 0.460 e. The van der Waals surface area contributed by atoms with Crippen molar-refractivity contribution in [3.8, 4) is 0 Å². The lowest BCUT2D eigenvalue weighted by atomic mass is 9.82. The summed E-state index contributed by atoms with van der Waals surface area (Å²) >= 11 is 0. The van der Waals surface area contributed by atoms with Gasteiger partial charge in [-0.15, -0.1) is 0 Å². The maximum absolute atomic E-state index is 10.8. The Bertz CT molecular complexity index is 1340. The second-order valence-electron chi connectivity index (χ2n) is 15.5. The monoisotopic (exact) mass is 882 g/mol. The summed E-state index contributed by atoms with van der Waals surface area (Å²) < 4.78 is 41.0. The molecule has 6 fully saturated rings. The van der Waals surface area contributed by atoms with Crippen molar-refractivity contribution in [3.05, 3.63) is 24.3 Å². The van der Waals surface area contributed by atoms with Gasteiger partial charge in [-0.05, 0) is 153 Å². The molecule has 59 heavy (non-hydrogen) atoms. The third-order valence-electron chi connectivity index (χ3n) is 11.4. The van der Waals surface area contributed by atoms with Crippen molar-refractivity contribution in [1.29, 1.82) is 0 Å². The molecule has 0 aromatic rings. The molecule has 17 nitrogen and oxygen atoms in total. The fraction of sp³-hybridized carbons (Fsp3) is 0.800. The third-order valence-corrected chi connectivity index (χ3v) is 12.6. The molecule has 0 aliphatic heterocycles. The summed E-state index contributed by atoms with van der Waals surface area (Å²) in [6, 6.07) is 0. The lowest BCUT2D eigenvalue weighted by Crippen LogP contribution is -2.31. The van der Waals surface area contributed by atoms with Gasteiger partial charge in [-0.25, -0.2) is 23.5 Å². The maximum Gasteiger partial charge on any atom is 0.469 e. The average Bonchev–Trinajstić information content (AvgIpc) is 3.99. The fourth-order valence-corrected chi connectivity index (χ4v) is 10.0. The van der Waals surface area contributed by atoms with E-state index in [0.29, 0.717) is 12.2 Å². The molecule has 8 unspecified atom stereocenters. The Morgan fingerprint density at radius 3 is 1.24 bits per heavy atom. The number of esters is 1. The van der Waals surface area contributed by atoms with Crippen LogP contribution in [0, 0.1) is 47.3 Å². The highest BCUT2D eigenvalue weighted by molar-refractivity contribution is 7.46. The van der Waals surface area contributed by atoms with Crippen LogP contribution in [0.3, 0.4) is 0 Å². The van der Waals surface area contributed by atoms with Gasteiger partial charge in [0.25, 0.3) is 5.91 Å². The fourth-order valence-electron chi connectivity index (χ4n) is 9.34. The number of amides is 3. The van der Waals surface area contributed by atoms with Crippen molar-refractivity contribution < 1.29 is 71.1 Å². The van der Waals surface area contributed by atoms with E-state index < -0.39 is 39.7 Å². The molecule has 342 valence electrons. The molecule has 0 saturated heterocycles. The van der Waals surface area contributed by atoms with E-state index in [1.165, 1.54) is 68.1 Å². The van der Waals surface area contributed by atoms with E-state index in [4.69, 9.17) is 24.3 Å². The molecule has 6 N–H and O–H groups in total. The van der Waals surface area contributed by atoms with E-state index in [1.54, 1.807) is 97.8 Å². The number of carbonyl (C=O) groups is 4. The van der Waals surface area contributed by atoms with Crippen LogP contribution in [0.2, 0.25) is 0 Å². The zero-order valence-electron chi connectivity index (χ0n) is 35.9. The Balaban J connectivity index is 0.000000359. The molecule has 4 bridgehead atoms. The number of phosphoric acid groups is 2. The van der Waals surface area contributed by atoms with Crippen molar-refractivity contribution >= 4 is 39.7 Å². The van der Waals surface area contributed by atoms with Crippen LogP contribution in [0.4, 0.5) is 9.59 Å². The minimum absolute atomic E-state index is 0.0459. The van der Waals surface area contributed by atoms with Crippen molar-refractivity contribution in [2.24, 2.45) is 47.3 Å². The SMILES string of the molecule is C1CC2C3CCC(C3)C2C1.C1CC2C3CCC(C3)C2C1.C=C(C)C(=O)NC(=O)OCC.C=C(C)C(=O)OCCNC(=O)OCC.CCOP(=O)(O)O.CCOP(=O)(O)O. The highest BCUT2D eigenvalue weighted by Crippen LogP contribution is 2.59. The number of fused-ring (bicyclic) bond motifs is 10. The number of alkyl carbamates (subject to hydrolysis) is 2. The first-order valence-corrected chi connectivity index (χ1v) is 24.0. The van der Waals surface area contributed by atoms with Crippen molar-refractivity contribution in [1.82, 2.24) is 10.6 Å². The number of ether oxygens (including phenoxy) is 3. The van der Waals surface area contributed by atoms with Gasteiger partial charge in [0.15, 0.2) is 0 Å². The minimum Gasteiger partial charge on any atom is -0.460 e. The van der Waals surface area contributed by atoms with Gasteiger partial charge in [0, 0.05) is 11.1 Å². The topological polar surface area (TPSA) is 254 Å². The molecule has 8 atom stereocenters. The summed E-state index contributed by atoms with van der Waals surface area (Å²) in [5, 5.41) is 4.39. The summed E-state index contributed by atoms with van der Waals surface area (Å²) in [4.78, 5) is 74.5. The Hall–Kier alpha value is -2.62. The first kappa shape index (κ1) is 54.4. The quantitative estimate of drug-likeness (QED) is 0.0384. The third kappa shape index (κ3) is 22.2. The average molecular weight is 883 g/mol. The molecule has 6 aliphatic carbocycles. The molecule has 6 saturated carbocycles. The van der Waals surface area contributed by atoms with Crippen LogP contribution in [0.15, 0.2) is 24.3 Å².